The van der Waals surface area contributed by atoms with Crippen LogP contribution in [0.1, 0.15) is 29.2 Å². The molecule has 1 aliphatic heterocycles. The summed E-state index contributed by atoms with van der Waals surface area (Å²) in [6.45, 7) is 0.429. The van der Waals surface area contributed by atoms with Crippen LogP contribution in [0.25, 0.3) is 0 Å². The number of rotatable bonds is 4. The molecule has 0 saturated carbocycles. The highest BCUT2D eigenvalue weighted by Crippen LogP contribution is 2.17. The van der Waals surface area contributed by atoms with Gasteiger partial charge in [0.15, 0.2) is 10.9 Å². The molecular weight excluding hydrogens is 342 g/mol. The van der Waals surface area contributed by atoms with Crippen LogP contribution in [-0.4, -0.2) is 51.7 Å². The largest absolute Gasteiger partial charge is 0.448 e. The van der Waals surface area contributed by atoms with Gasteiger partial charge in [-0.3, -0.25) is 9.69 Å². The molecule has 9 heteroatoms. The Morgan fingerprint density at radius 1 is 1.25 bits per heavy atom. The minimum Gasteiger partial charge on any atom is -0.448 e. The van der Waals surface area contributed by atoms with Gasteiger partial charge in [0, 0.05) is 32.4 Å². The van der Waals surface area contributed by atoms with E-state index in [0.717, 1.165) is 24.9 Å². The van der Waals surface area contributed by atoms with Gasteiger partial charge in [-0.05, 0) is 36.2 Å². The lowest BCUT2D eigenvalue weighted by molar-refractivity contribution is 0.0552. The number of halogens is 3. The Morgan fingerprint density at radius 2 is 2.08 bits per heavy atom. The lowest BCUT2D eigenvalue weighted by atomic mass is 10.3. The molecule has 3 heterocycles. The summed E-state index contributed by atoms with van der Waals surface area (Å²) < 4.78 is 31.0. The van der Waals surface area contributed by atoms with E-state index in [0.29, 0.717) is 36.1 Å². The Morgan fingerprint density at radius 3 is 2.75 bits per heavy atom. The predicted octanol–water partition coefficient (Wildman–Crippen LogP) is 2.87. The molecule has 0 atom stereocenters. The van der Waals surface area contributed by atoms with Crippen LogP contribution < -0.4 is 0 Å². The van der Waals surface area contributed by atoms with E-state index in [-0.39, 0.29) is 11.6 Å². The molecule has 3 rings (SSSR count). The molecule has 0 spiro atoms. The third kappa shape index (κ3) is 3.93. The number of furan rings is 1. The zero-order valence-electron chi connectivity index (χ0n) is 12.9. The molecule has 0 unspecified atom stereocenters. The van der Waals surface area contributed by atoms with Crippen molar-refractivity contribution in [2.45, 2.75) is 19.5 Å². The summed E-state index contributed by atoms with van der Waals surface area (Å²) in [5.41, 5.74) is 0.0431. The summed E-state index contributed by atoms with van der Waals surface area (Å²) in [6.07, 6.45) is 1.90. The van der Waals surface area contributed by atoms with E-state index in [9.17, 15) is 13.6 Å². The van der Waals surface area contributed by atoms with Gasteiger partial charge in [0.05, 0.1) is 6.54 Å². The second-order valence-corrected chi connectivity index (χ2v) is 5.96. The molecule has 0 aromatic carbocycles. The third-order valence-corrected chi connectivity index (χ3v) is 4.11. The molecule has 1 amide bonds. The molecule has 1 aliphatic rings. The van der Waals surface area contributed by atoms with Crippen molar-refractivity contribution in [2.75, 3.05) is 26.2 Å². The second-order valence-electron chi connectivity index (χ2n) is 5.59. The maximum Gasteiger partial charge on any atom is 0.333 e. The Bertz CT molecular complexity index is 703. The van der Waals surface area contributed by atoms with Crippen LogP contribution in [0.2, 0.25) is 5.22 Å². The van der Waals surface area contributed by atoms with Crippen molar-refractivity contribution >= 4 is 17.5 Å². The number of aromatic nitrogens is 2. The van der Waals surface area contributed by atoms with Gasteiger partial charge in [-0.15, -0.1) is 0 Å². The summed E-state index contributed by atoms with van der Waals surface area (Å²) in [4.78, 5) is 16.2. The molecule has 6 nitrogen and oxygen atoms in total. The zero-order chi connectivity index (χ0) is 17.1. The number of nitrogens with zero attached hydrogens (tertiary/aromatic N) is 4. The van der Waals surface area contributed by atoms with Crippen LogP contribution in [0.4, 0.5) is 8.78 Å². The number of hydrogen-bond acceptors (Lipinski definition) is 4. The molecule has 2 aromatic rings. The summed E-state index contributed by atoms with van der Waals surface area (Å²) >= 11 is 5.77. The number of carbonyl (C=O) groups is 1. The van der Waals surface area contributed by atoms with Crippen molar-refractivity contribution in [3.05, 3.63) is 41.1 Å². The van der Waals surface area contributed by atoms with Crippen molar-refractivity contribution in [1.29, 1.82) is 0 Å². The van der Waals surface area contributed by atoms with E-state index in [2.05, 4.69) is 10.00 Å². The summed E-state index contributed by atoms with van der Waals surface area (Å²) in [7, 11) is 0. The van der Waals surface area contributed by atoms with Crippen LogP contribution >= 0.6 is 11.6 Å². The third-order valence-electron chi connectivity index (χ3n) is 3.91. The molecule has 0 N–H and O–H groups in total. The van der Waals surface area contributed by atoms with E-state index in [1.54, 1.807) is 11.0 Å². The molecule has 0 aliphatic carbocycles. The molecule has 24 heavy (non-hydrogen) atoms. The maximum atomic E-state index is 12.6. The predicted molar refractivity (Wildman–Crippen MR) is 83.0 cm³/mol. The van der Waals surface area contributed by atoms with Gasteiger partial charge in [0.1, 0.15) is 5.76 Å². The van der Waals surface area contributed by atoms with Crippen molar-refractivity contribution in [1.82, 2.24) is 19.6 Å². The van der Waals surface area contributed by atoms with Crippen molar-refractivity contribution < 1.29 is 18.0 Å². The molecule has 2 aromatic heterocycles. The van der Waals surface area contributed by atoms with Crippen molar-refractivity contribution in [3.63, 3.8) is 0 Å². The van der Waals surface area contributed by atoms with Crippen molar-refractivity contribution in [3.8, 4) is 0 Å². The fraction of sp³-hybridized carbons (Fsp3) is 0.467. The number of amides is 1. The van der Waals surface area contributed by atoms with Gasteiger partial charge in [-0.25, -0.2) is 4.68 Å². The highest BCUT2D eigenvalue weighted by atomic mass is 35.5. The molecule has 130 valence electrons. The molecular formula is C15H17ClF2N4O2. The van der Waals surface area contributed by atoms with Gasteiger partial charge < -0.3 is 9.32 Å². The van der Waals surface area contributed by atoms with Gasteiger partial charge in [0.25, 0.3) is 5.91 Å². The second kappa shape index (κ2) is 7.31. The SMILES string of the molecule is O=C(c1ccn(C(F)F)n1)N1CCCN(Cc2ccc(Cl)o2)CC1. The van der Waals surface area contributed by atoms with Crippen LogP contribution in [0.3, 0.4) is 0 Å². The Balaban J connectivity index is 1.59. The fourth-order valence-electron chi connectivity index (χ4n) is 2.71. The molecule has 0 radical (unpaired) electrons. The smallest absolute Gasteiger partial charge is 0.333 e. The van der Waals surface area contributed by atoms with Gasteiger partial charge in [-0.2, -0.15) is 13.9 Å². The lowest BCUT2D eigenvalue weighted by Gasteiger charge is -2.20. The van der Waals surface area contributed by atoms with E-state index in [1.807, 2.05) is 6.07 Å². The number of alkyl halides is 2. The van der Waals surface area contributed by atoms with E-state index < -0.39 is 6.55 Å². The van der Waals surface area contributed by atoms with Gasteiger partial charge in [0.2, 0.25) is 0 Å². The minimum atomic E-state index is -2.74. The Labute approximate surface area is 142 Å². The average Bonchev–Trinajstić information content (AvgIpc) is 3.12. The first-order valence-corrected chi connectivity index (χ1v) is 8.00. The Kier molecular flexibility index (Phi) is 5.15. The van der Waals surface area contributed by atoms with Gasteiger partial charge >= 0.3 is 6.55 Å². The average molecular weight is 359 g/mol. The van der Waals surface area contributed by atoms with Crippen LogP contribution in [0, 0.1) is 0 Å². The summed E-state index contributed by atoms with van der Waals surface area (Å²) in [6, 6.07) is 4.85. The maximum absolute atomic E-state index is 12.6. The highest BCUT2D eigenvalue weighted by Gasteiger charge is 2.23. The fourth-order valence-corrected chi connectivity index (χ4v) is 2.87. The Hall–Kier alpha value is -1.93. The number of carbonyl (C=O) groups excluding carboxylic acids is 1. The highest BCUT2D eigenvalue weighted by molar-refractivity contribution is 6.28. The van der Waals surface area contributed by atoms with Crippen LogP contribution in [0.15, 0.2) is 28.8 Å². The molecule has 1 saturated heterocycles. The molecule has 0 bridgehead atoms. The molecule has 1 fully saturated rings. The first-order chi connectivity index (χ1) is 11.5. The monoisotopic (exact) mass is 358 g/mol. The minimum absolute atomic E-state index is 0.0431. The first-order valence-electron chi connectivity index (χ1n) is 7.62. The topological polar surface area (TPSA) is 54.5 Å². The zero-order valence-corrected chi connectivity index (χ0v) is 13.6. The van der Waals surface area contributed by atoms with Crippen LogP contribution in [-0.2, 0) is 6.54 Å². The first kappa shape index (κ1) is 16.9. The summed E-state index contributed by atoms with van der Waals surface area (Å²) in [5, 5.41) is 3.99. The lowest BCUT2D eigenvalue weighted by Crippen LogP contribution is -2.35. The standard InChI is InChI=1S/C15H17ClF2N4O2/c16-13-3-2-11(24-13)10-20-5-1-6-21(9-8-20)14(23)12-4-7-22(19-12)15(17)18/h2-4,7,15H,1,5-6,8-10H2. The van der Waals surface area contributed by atoms with Crippen molar-refractivity contribution in [2.24, 2.45) is 0 Å². The quantitative estimate of drug-likeness (QED) is 0.843. The van der Waals surface area contributed by atoms with E-state index >= 15 is 0 Å². The van der Waals surface area contributed by atoms with E-state index in [4.69, 9.17) is 16.0 Å². The summed E-state index contributed by atoms with van der Waals surface area (Å²) in [5.74, 6) is 0.452. The van der Waals surface area contributed by atoms with Gasteiger partial charge in [-0.1, -0.05) is 0 Å². The van der Waals surface area contributed by atoms with Crippen LogP contribution in [0.5, 0.6) is 0 Å². The number of hydrogen-bond donors (Lipinski definition) is 0. The van der Waals surface area contributed by atoms with E-state index in [1.165, 1.54) is 6.07 Å². The normalized spacial score (nSPS) is 16.6.